The van der Waals surface area contributed by atoms with E-state index in [1.165, 1.54) is 25.0 Å². The minimum Gasteiger partial charge on any atom is -0.508 e. The zero-order chi connectivity index (χ0) is 29.0. The van der Waals surface area contributed by atoms with Gasteiger partial charge in [0.25, 0.3) is 11.8 Å². The molecule has 3 aromatic rings. The molecule has 2 aliphatic rings. The number of fused-ring (bicyclic) bond motifs is 1. The number of amides is 2. The van der Waals surface area contributed by atoms with Crippen LogP contribution in [0.1, 0.15) is 77.4 Å². The molecule has 5 rings (SSSR count). The highest BCUT2D eigenvalue weighted by atomic mass is 19.3. The first-order valence-corrected chi connectivity index (χ1v) is 14.2. The molecule has 1 aromatic heterocycles. The molecule has 218 valence electrons. The molecule has 0 unspecified atom stereocenters. The minimum atomic E-state index is -2.69. The van der Waals surface area contributed by atoms with Crippen LogP contribution in [0.5, 0.6) is 11.5 Å². The maximum atomic E-state index is 13.3. The summed E-state index contributed by atoms with van der Waals surface area (Å²) in [5.41, 5.74) is 2.36. The number of hydrogen-bond donors (Lipinski definition) is 3. The number of aryl methyl sites for hydroxylation is 2. The molecule has 1 fully saturated rings. The van der Waals surface area contributed by atoms with E-state index in [1.54, 1.807) is 16.8 Å². The van der Waals surface area contributed by atoms with Crippen molar-refractivity contribution in [3.63, 3.8) is 0 Å². The lowest BCUT2D eigenvalue weighted by Crippen LogP contribution is -2.41. The number of aromatic nitrogens is 2. The number of hydrogen-bond acceptors (Lipinski definition) is 5. The molecule has 1 saturated carbocycles. The molecule has 1 aliphatic carbocycles. The van der Waals surface area contributed by atoms with Gasteiger partial charge in [0.2, 0.25) is 5.92 Å². The first kappa shape index (κ1) is 28.6. The van der Waals surface area contributed by atoms with Gasteiger partial charge in [0.05, 0.1) is 12.3 Å². The van der Waals surface area contributed by atoms with Gasteiger partial charge in [-0.2, -0.15) is 5.10 Å². The van der Waals surface area contributed by atoms with Crippen molar-refractivity contribution in [3.8, 4) is 11.5 Å². The monoisotopic (exact) mass is 566 g/mol. The predicted molar refractivity (Wildman–Crippen MR) is 151 cm³/mol. The molecule has 8 nitrogen and oxygen atoms in total. The van der Waals surface area contributed by atoms with Gasteiger partial charge in [-0.15, -0.1) is 0 Å². The zero-order valence-corrected chi connectivity index (χ0v) is 23.2. The summed E-state index contributed by atoms with van der Waals surface area (Å²) in [7, 11) is 0. The van der Waals surface area contributed by atoms with Crippen molar-refractivity contribution in [3.05, 3.63) is 70.9 Å². The second-order valence-corrected chi connectivity index (χ2v) is 11.2. The van der Waals surface area contributed by atoms with Crippen molar-refractivity contribution < 1.29 is 28.2 Å². The lowest BCUT2D eigenvalue weighted by Gasteiger charge is -2.23. The Hall–Kier alpha value is -3.95. The van der Waals surface area contributed by atoms with Crippen LogP contribution in [0, 0.1) is 5.92 Å². The summed E-state index contributed by atoms with van der Waals surface area (Å²) in [4.78, 5) is 26.3. The van der Waals surface area contributed by atoms with Crippen LogP contribution in [-0.2, 0) is 19.4 Å². The van der Waals surface area contributed by atoms with E-state index < -0.39 is 11.8 Å². The Labute approximate surface area is 238 Å². The topological polar surface area (TPSA) is 105 Å². The number of carbonyl (C=O) groups excluding carboxylic acids is 2. The second-order valence-electron chi connectivity index (χ2n) is 11.2. The SMILES string of the molecule is CC(F)(F)CCCOc1cccc(CC[C@H]2Cc3nn(CCC4CC4)c(NC(=O)c4cccc(O)c4)c3C(=O)N2)c1. The molecular weight excluding hydrogens is 530 g/mol. The van der Waals surface area contributed by atoms with Gasteiger partial charge in [0.1, 0.15) is 22.9 Å². The molecule has 0 spiro atoms. The Balaban J connectivity index is 1.24. The number of alkyl halides is 2. The first-order valence-electron chi connectivity index (χ1n) is 14.2. The second kappa shape index (κ2) is 12.3. The number of ether oxygens (including phenoxy) is 1. The van der Waals surface area contributed by atoms with E-state index in [2.05, 4.69) is 10.6 Å². The highest BCUT2D eigenvalue weighted by Gasteiger charge is 2.33. The molecule has 2 aromatic carbocycles. The van der Waals surface area contributed by atoms with Gasteiger partial charge in [-0.05, 0) is 74.4 Å². The van der Waals surface area contributed by atoms with E-state index >= 15 is 0 Å². The smallest absolute Gasteiger partial charge is 0.257 e. The Morgan fingerprint density at radius 3 is 2.76 bits per heavy atom. The predicted octanol–water partition coefficient (Wildman–Crippen LogP) is 5.74. The van der Waals surface area contributed by atoms with Crippen LogP contribution in [0.4, 0.5) is 14.6 Å². The quantitative estimate of drug-likeness (QED) is 0.229. The number of rotatable bonds is 13. The fourth-order valence-corrected chi connectivity index (χ4v) is 5.14. The fourth-order valence-electron chi connectivity index (χ4n) is 5.14. The average Bonchev–Trinajstić information content (AvgIpc) is 3.69. The number of phenolic OH excluding ortho intramolecular Hbond substituents is 1. The van der Waals surface area contributed by atoms with Gasteiger partial charge in [-0.3, -0.25) is 9.59 Å². The summed E-state index contributed by atoms with van der Waals surface area (Å²) < 4.78 is 33.5. The van der Waals surface area contributed by atoms with E-state index in [0.29, 0.717) is 54.5 Å². The molecule has 0 radical (unpaired) electrons. The zero-order valence-electron chi connectivity index (χ0n) is 23.2. The third kappa shape index (κ3) is 7.83. The Kier molecular flexibility index (Phi) is 8.56. The summed E-state index contributed by atoms with van der Waals surface area (Å²) in [6.45, 7) is 1.74. The third-order valence-electron chi connectivity index (χ3n) is 7.52. The Bertz CT molecular complexity index is 1400. The van der Waals surface area contributed by atoms with E-state index in [9.17, 15) is 23.5 Å². The average molecular weight is 567 g/mol. The van der Waals surface area contributed by atoms with Crippen LogP contribution in [0.15, 0.2) is 48.5 Å². The summed E-state index contributed by atoms with van der Waals surface area (Å²) in [6.07, 6.45) is 5.27. The number of nitrogens with zero attached hydrogens (tertiary/aromatic N) is 2. The molecule has 2 amide bonds. The lowest BCUT2D eigenvalue weighted by atomic mass is 9.96. The van der Waals surface area contributed by atoms with Crippen LogP contribution in [0.25, 0.3) is 0 Å². The normalized spacial score (nSPS) is 16.7. The summed E-state index contributed by atoms with van der Waals surface area (Å²) in [6, 6.07) is 13.5. The molecule has 3 N–H and O–H groups in total. The number of carbonyl (C=O) groups is 2. The molecule has 1 atom stereocenters. The molecule has 2 heterocycles. The van der Waals surface area contributed by atoms with Gasteiger partial charge < -0.3 is 20.5 Å². The number of nitrogens with one attached hydrogen (secondary N) is 2. The van der Waals surface area contributed by atoms with Crippen LogP contribution >= 0.6 is 0 Å². The minimum absolute atomic E-state index is 0.0132. The Morgan fingerprint density at radius 1 is 1.20 bits per heavy atom. The lowest BCUT2D eigenvalue weighted by molar-refractivity contribution is 0.00767. The number of aromatic hydroxyl groups is 1. The van der Waals surface area contributed by atoms with E-state index in [4.69, 9.17) is 9.84 Å². The highest BCUT2D eigenvalue weighted by Crippen LogP contribution is 2.34. The number of halogens is 2. The van der Waals surface area contributed by atoms with Crippen LogP contribution in [-0.4, -0.2) is 45.3 Å². The maximum absolute atomic E-state index is 13.3. The van der Waals surface area contributed by atoms with E-state index in [0.717, 1.165) is 18.9 Å². The van der Waals surface area contributed by atoms with Crippen molar-refractivity contribution in [2.45, 2.75) is 76.8 Å². The van der Waals surface area contributed by atoms with Crippen molar-refractivity contribution >= 4 is 17.6 Å². The number of anilines is 1. The van der Waals surface area contributed by atoms with Gasteiger partial charge >= 0.3 is 0 Å². The van der Waals surface area contributed by atoms with Crippen LogP contribution in [0.2, 0.25) is 0 Å². The van der Waals surface area contributed by atoms with Gasteiger partial charge in [0, 0.05) is 31.0 Å². The summed E-state index contributed by atoms with van der Waals surface area (Å²) >= 11 is 0. The van der Waals surface area contributed by atoms with Crippen molar-refractivity contribution in [2.24, 2.45) is 5.92 Å². The van der Waals surface area contributed by atoms with Gasteiger partial charge in [0.15, 0.2) is 0 Å². The molecular formula is C31H36F2N4O4. The molecule has 1 aliphatic heterocycles. The van der Waals surface area contributed by atoms with E-state index in [-0.39, 0.29) is 42.7 Å². The maximum Gasteiger partial charge on any atom is 0.257 e. The third-order valence-corrected chi connectivity index (χ3v) is 7.52. The molecule has 0 saturated heterocycles. The van der Waals surface area contributed by atoms with Crippen LogP contribution in [0.3, 0.4) is 0 Å². The van der Waals surface area contributed by atoms with Gasteiger partial charge in [-0.25, -0.2) is 13.5 Å². The summed E-state index contributed by atoms with van der Waals surface area (Å²) in [5, 5.41) is 20.5. The number of benzene rings is 2. The van der Waals surface area contributed by atoms with Gasteiger partial charge in [-0.1, -0.05) is 31.0 Å². The van der Waals surface area contributed by atoms with Crippen molar-refractivity contribution in [1.82, 2.24) is 15.1 Å². The summed E-state index contributed by atoms with van der Waals surface area (Å²) in [5.74, 6) is -1.72. The number of phenols is 1. The highest BCUT2D eigenvalue weighted by molar-refractivity contribution is 6.09. The standard InChI is InChI=1S/C31H36F2N4O4/c1-31(32,33)14-4-16-41-25-8-2-5-21(17-25)11-12-23-19-26-27(30(40)34-23)28(37(36-26)15-13-20-9-10-20)35-29(39)22-6-3-7-24(38)18-22/h2-3,5-8,17-18,20,23,38H,4,9-16,19H2,1H3,(H,34,40)(H,35,39)/t23-/m0/s1. The largest absolute Gasteiger partial charge is 0.508 e. The van der Waals surface area contributed by atoms with Crippen LogP contribution < -0.4 is 15.4 Å². The fraction of sp³-hybridized carbons (Fsp3) is 0.452. The molecule has 41 heavy (non-hydrogen) atoms. The van der Waals surface area contributed by atoms with Crippen molar-refractivity contribution in [1.29, 1.82) is 0 Å². The van der Waals surface area contributed by atoms with E-state index in [1.807, 2.05) is 24.3 Å². The Morgan fingerprint density at radius 2 is 2.00 bits per heavy atom. The molecule has 0 bridgehead atoms. The first-order chi connectivity index (χ1) is 19.6. The van der Waals surface area contributed by atoms with Crippen molar-refractivity contribution in [2.75, 3.05) is 11.9 Å². The molecule has 10 heteroatoms.